The van der Waals surface area contributed by atoms with Gasteiger partial charge in [0.15, 0.2) is 5.78 Å². The zero-order chi connectivity index (χ0) is 20.0. The fraction of sp³-hybridized carbons (Fsp3) is 0.158. The maximum absolute atomic E-state index is 12.4. The summed E-state index contributed by atoms with van der Waals surface area (Å²) in [5.74, 6) is -1.01. The molecule has 0 fully saturated rings. The molecule has 27 heavy (non-hydrogen) atoms. The van der Waals surface area contributed by atoms with Crippen molar-refractivity contribution in [2.24, 2.45) is 0 Å². The highest BCUT2D eigenvalue weighted by atomic mass is 16.6. The average Bonchev–Trinajstić information content (AvgIpc) is 2.65. The number of anilines is 1. The molecule has 2 rings (SSSR count). The summed E-state index contributed by atoms with van der Waals surface area (Å²) >= 11 is 0. The highest BCUT2D eigenvalue weighted by Gasteiger charge is 2.13. The van der Waals surface area contributed by atoms with E-state index in [2.05, 4.69) is 5.32 Å². The Kier molecular flexibility index (Phi) is 6.27. The Labute approximate surface area is 155 Å². The molecule has 0 bridgehead atoms. The van der Waals surface area contributed by atoms with E-state index >= 15 is 0 Å². The zero-order valence-electron chi connectivity index (χ0n) is 14.8. The van der Waals surface area contributed by atoms with Gasteiger partial charge < -0.3 is 15.2 Å². The first-order chi connectivity index (χ1) is 12.8. The first-order valence-corrected chi connectivity index (χ1v) is 7.93. The van der Waals surface area contributed by atoms with E-state index in [0.717, 1.165) is 0 Å². The largest absolute Gasteiger partial charge is 0.496 e. The van der Waals surface area contributed by atoms with Gasteiger partial charge in [-0.05, 0) is 35.9 Å². The normalized spacial score (nSPS) is 10.6. The monoisotopic (exact) mass is 370 g/mol. The Bertz CT molecular complexity index is 920. The SMILES string of the molecule is CNc1ccc(/C=C/C(=O)c2ccc(OC)c(CC(=O)O)c2)cc1[N+](=O)[O-]. The summed E-state index contributed by atoms with van der Waals surface area (Å²) in [4.78, 5) is 33.9. The van der Waals surface area contributed by atoms with Crippen molar-refractivity contribution in [1.29, 1.82) is 0 Å². The van der Waals surface area contributed by atoms with Gasteiger partial charge in [0.1, 0.15) is 11.4 Å². The van der Waals surface area contributed by atoms with E-state index in [0.29, 0.717) is 28.1 Å². The number of hydrogen-bond acceptors (Lipinski definition) is 6. The van der Waals surface area contributed by atoms with E-state index in [1.807, 2.05) is 0 Å². The predicted octanol–water partition coefficient (Wildman–Crippen LogP) is 3.17. The quantitative estimate of drug-likeness (QED) is 0.317. The zero-order valence-corrected chi connectivity index (χ0v) is 14.8. The number of nitro benzene ring substituents is 1. The lowest BCUT2D eigenvalue weighted by molar-refractivity contribution is -0.384. The van der Waals surface area contributed by atoms with Gasteiger partial charge in [0.05, 0.1) is 18.5 Å². The van der Waals surface area contributed by atoms with Gasteiger partial charge in [-0.3, -0.25) is 19.7 Å². The number of nitrogens with zero attached hydrogens (tertiary/aromatic N) is 1. The number of ether oxygens (including phenoxy) is 1. The van der Waals surface area contributed by atoms with Crippen LogP contribution in [-0.2, 0) is 11.2 Å². The minimum atomic E-state index is -1.04. The number of carboxylic acids is 1. The van der Waals surface area contributed by atoms with E-state index in [-0.39, 0.29) is 17.9 Å². The number of allylic oxidation sites excluding steroid dienone is 1. The smallest absolute Gasteiger partial charge is 0.307 e. The summed E-state index contributed by atoms with van der Waals surface area (Å²) in [6.07, 6.45) is 2.48. The summed E-state index contributed by atoms with van der Waals surface area (Å²) < 4.78 is 5.11. The van der Waals surface area contributed by atoms with E-state index in [9.17, 15) is 19.7 Å². The number of hydrogen-bond donors (Lipinski definition) is 2. The third-order valence-corrected chi connectivity index (χ3v) is 3.82. The van der Waals surface area contributed by atoms with Crippen molar-refractivity contribution < 1.29 is 24.4 Å². The molecule has 0 heterocycles. The molecule has 2 N–H and O–H groups in total. The number of carbonyl (C=O) groups excluding carboxylic acids is 1. The number of nitro groups is 1. The summed E-state index contributed by atoms with van der Waals surface area (Å²) in [5.41, 5.74) is 1.45. The van der Waals surface area contributed by atoms with Crippen LogP contribution in [0.15, 0.2) is 42.5 Å². The van der Waals surface area contributed by atoms with Crippen LogP contribution in [0.3, 0.4) is 0 Å². The number of nitrogens with one attached hydrogen (secondary N) is 1. The van der Waals surface area contributed by atoms with Crippen LogP contribution in [0.4, 0.5) is 11.4 Å². The lowest BCUT2D eigenvalue weighted by Crippen LogP contribution is -2.04. The van der Waals surface area contributed by atoms with Gasteiger partial charge in [-0.25, -0.2) is 0 Å². The lowest BCUT2D eigenvalue weighted by atomic mass is 10.0. The van der Waals surface area contributed by atoms with Crippen LogP contribution in [0.25, 0.3) is 6.08 Å². The van der Waals surface area contributed by atoms with Gasteiger partial charge in [0.25, 0.3) is 5.69 Å². The van der Waals surface area contributed by atoms with Gasteiger partial charge in [-0.2, -0.15) is 0 Å². The van der Waals surface area contributed by atoms with Crippen LogP contribution in [0.1, 0.15) is 21.5 Å². The van der Waals surface area contributed by atoms with Crippen molar-refractivity contribution in [3.8, 4) is 5.75 Å². The molecule has 0 aliphatic heterocycles. The number of benzene rings is 2. The Morgan fingerprint density at radius 3 is 2.59 bits per heavy atom. The average molecular weight is 370 g/mol. The minimum absolute atomic E-state index is 0.0970. The Morgan fingerprint density at radius 1 is 1.26 bits per heavy atom. The molecule has 140 valence electrons. The molecule has 0 radical (unpaired) electrons. The van der Waals surface area contributed by atoms with Crippen molar-refractivity contribution in [3.05, 3.63) is 69.3 Å². The molecule has 0 amide bonds. The molecular weight excluding hydrogens is 352 g/mol. The second-order valence-corrected chi connectivity index (χ2v) is 5.58. The minimum Gasteiger partial charge on any atom is -0.496 e. The van der Waals surface area contributed by atoms with Gasteiger partial charge in [0.2, 0.25) is 0 Å². The number of carbonyl (C=O) groups is 2. The third-order valence-electron chi connectivity index (χ3n) is 3.82. The van der Waals surface area contributed by atoms with Gasteiger partial charge >= 0.3 is 5.97 Å². The topological polar surface area (TPSA) is 119 Å². The Morgan fingerprint density at radius 2 is 2.00 bits per heavy atom. The summed E-state index contributed by atoms with van der Waals surface area (Å²) in [5, 5.41) is 22.8. The van der Waals surface area contributed by atoms with Crippen LogP contribution in [0.2, 0.25) is 0 Å². The second kappa shape index (κ2) is 8.61. The molecule has 0 spiro atoms. The van der Waals surface area contributed by atoms with E-state index in [1.165, 1.54) is 43.5 Å². The maximum Gasteiger partial charge on any atom is 0.307 e. The molecule has 0 atom stereocenters. The highest BCUT2D eigenvalue weighted by molar-refractivity contribution is 6.07. The standard InChI is InChI=1S/C19H18N2O6/c1-20-15-6-3-12(9-16(15)21(25)26)4-7-17(22)13-5-8-18(27-2)14(10-13)11-19(23)24/h3-10,20H,11H2,1-2H3,(H,23,24)/b7-4+. The fourth-order valence-corrected chi connectivity index (χ4v) is 2.52. The van der Waals surface area contributed by atoms with Crippen molar-refractivity contribution in [3.63, 3.8) is 0 Å². The van der Waals surface area contributed by atoms with Crippen molar-refractivity contribution >= 4 is 29.2 Å². The summed E-state index contributed by atoms with van der Waals surface area (Å²) in [6, 6.07) is 9.09. The number of ketones is 1. The number of rotatable bonds is 8. The van der Waals surface area contributed by atoms with Crippen LogP contribution in [-0.4, -0.2) is 35.9 Å². The van der Waals surface area contributed by atoms with E-state index in [4.69, 9.17) is 9.84 Å². The second-order valence-electron chi connectivity index (χ2n) is 5.58. The first kappa shape index (κ1) is 19.6. The molecule has 0 unspecified atom stereocenters. The molecule has 8 heteroatoms. The van der Waals surface area contributed by atoms with E-state index in [1.54, 1.807) is 19.2 Å². The van der Waals surface area contributed by atoms with Crippen LogP contribution >= 0.6 is 0 Å². The fourth-order valence-electron chi connectivity index (χ4n) is 2.52. The number of aliphatic carboxylic acids is 1. The Hall–Kier alpha value is -3.68. The summed E-state index contributed by atoms with van der Waals surface area (Å²) in [7, 11) is 3.00. The number of methoxy groups -OCH3 is 1. The first-order valence-electron chi connectivity index (χ1n) is 7.93. The molecule has 0 saturated carbocycles. The summed E-state index contributed by atoms with van der Waals surface area (Å²) in [6.45, 7) is 0. The van der Waals surface area contributed by atoms with Crippen molar-refractivity contribution in [2.75, 3.05) is 19.5 Å². The van der Waals surface area contributed by atoms with Crippen molar-refractivity contribution in [2.45, 2.75) is 6.42 Å². The van der Waals surface area contributed by atoms with Gasteiger partial charge in [-0.15, -0.1) is 0 Å². The maximum atomic E-state index is 12.4. The molecule has 8 nitrogen and oxygen atoms in total. The van der Waals surface area contributed by atoms with Crippen molar-refractivity contribution in [1.82, 2.24) is 0 Å². The molecular formula is C19H18N2O6. The molecule has 0 aliphatic rings. The van der Waals surface area contributed by atoms with Crippen LogP contribution in [0, 0.1) is 10.1 Å². The van der Waals surface area contributed by atoms with Crippen LogP contribution in [0.5, 0.6) is 5.75 Å². The highest BCUT2D eigenvalue weighted by Crippen LogP contribution is 2.26. The molecule has 2 aromatic rings. The lowest BCUT2D eigenvalue weighted by Gasteiger charge is -2.08. The Balaban J connectivity index is 2.28. The molecule has 0 aromatic heterocycles. The predicted molar refractivity (Wildman–Crippen MR) is 100 cm³/mol. The molecule has 0 aliphatic carbocycles. The molecule has 2 aromatic carbocycles. The third kappa shape index (κ3) is 4.91. The molecule has 0 saturated heterocycles. The van der Waals surface area contributed by atoms with Gasteiger partial charge in [0, 0.05) is 24.2 Å². The van der Waals surface area contributed by atoms with E-state index < -0.39 is 10.9 Å². The van der Waals surface area contributed by atoms with Gasteiger partial charge in [-0.1, -0.05) is 12.1 Å². The number of carboxylic acid groups (broad SMARTS) is 1. The van der Waals surface area contributed by atoms with Crippen LogP contribution < -0.4 is 10.1 Å².